The van der Waals surface area contributed by atoms with Gasteiger partial charge in [-0.05, 0) is 136 Å². The van der Waals surface area contributed by atoms with Gasteiger partial charge in [0, 0.05) is 45.0 Å². The Labute approximate surface area is 356 Å². The monoisotopic (exact) mass is 776 g/mol. The SMILES string of the molecule is CC1CCCCC1(c1ccc(N(c2ccccc2)c2ccccc2)cc1)c1ccc(N(c2ccccc2)c2ccc3c(c2)C(C)(C)c2cccc(-c4ccccc4)c2-3)cc1. The maximum atomic E-state index is 2.48. The molecule has 2 unspecified atom stereocenters. The van der Waals surface area contributed by atoms with Gasteiger partial charge in [-0.2, -0.15) is 0 Å². The molecule has 0 spiro atoms. The van der Waals surface area contributed by atoms with Gasteiger partial charge >= 0.3 is 0 Å². The number of rotatable bonds is 9. The molecular formula is C58H52N2. The Morgan fingerprint density at radius 2 is 0.883 bits per heavy atom. The van der Waals surface area contributed by atoms with Gasteiger partial charge in [-0.3, -0.25) is 0 Å². The third-order valence-electron chi connectivity index (χ3n) is 13.7. The van der Waals surface area contributed by atoms with Crippen LogP contribution in [0.25, 0.3) is 22.3 Å². The molecule has 2 heteroatoms. The number of anilines is 6. The summed E-state index contributed by atoms with van der Waals surface area (Å²) < 4.78 is 0. The summed E-state index contributed by atoms with van der Waals surface area (Å²) in [6, 6.07) is 76.2. The van der Waals surface area contributed by atoms with E-state index in [0.29, 0.717) is 5.92 Å². The Morgan fingerprint density at radius 3 is 1.40 bits per heavy atom. The van der Waals surface area contributed by atoms with Crippen molar-refractivity contribution in [1.29, 1.82) is 0 Å². The highest BCUT2D eigenvalue weighted by Crippen LogP contribution is 2.54. The molecule has 2 aliphatic carbocycles. The van der Waals surface area contributed by atoms with E-state index in [1.54, 1.807) is 0 Å². The van der Waals surface area contributed by atoms with Crippen LogP contribution < -0.4 is 9.80 Å². The largest absolute Gasteiger partial charge is 0.311 e. The highest BCUT2D eigenvalue weighted by molar-refractivity contribution is 5.94. The maximum Gasteiger partial charge on any atom is 0.0465 e. The first-order chi connectivity index (χ1) is 29.4. The fraction of sp³-hybridized carbons (Fsp3) is 0.172. The molecule has 8 aromatic carbocycles. The van der Waals surface area contributed by atoms with E-state index in [9.17, 15) is 0 Å². The molecule has 2 nitrogen and oxygen atoms in total. The Kier molecular flexibility index (Phi) is 9.73. The highest BCUT2D eigenvalue weighted by atomic mass is 15.1. The van der Waals surface area contributed by atoms with E-state index in [1.165, 1.54) is 80.8 Å². The summed E-state index contributed by atoms with van der Waals surface area (Å²) in [7, 11) is 0. The zero-order valence-corrected chi connectivity index (χ0v) is 34.9. The molecule has 2 atom stereocenters. The average molecular weight is 777 g/mol. The van der Waals surface area contributed by atoms with E-state index >= 15 is 0 Å². The van der Waals surface area contributed by atoms with Crippen LogP contribution in [0.2, 0.25) is 0 Å². The summed E-state index contributed by atoms with van der Waals surface area (Å²) in [6.45, 7) is 7.25. The molecule has 10 rings (SSSR count). The summed E-state index contributed by atoms with van der Waals surface area (Å²) in [5, 5.41) is 0. The van der Waals surface area contributed by atoms with E-state index < -0.39 is 0 Å². The van der Waals surface area contributed by atoms with Gasteiger partial charge in [0.1, 0.15) is 0 Å². The quantitative estimate of drug-likeness (QED) is 0.144. The molecule has 294 valence electrons. The lowest BCUT2D eigenvalue weighted by Gasteiger charge is -2.44. The molecule has 60 heavy (non-hydrogen) atoms. The average Bonchev–Trinajstić information content (AvgIpc) is 3.54. The van der Waals surface area contributed by atoms with Crippen LogP contribution in [0.5, 0.6) is 0 Å². The minimum absolute atomic E-state index is 0.0724. The predicted molar refractivity (Wildman–Crippen MR) is 254 cm³/mol. The van der Waals surface area contributed by atoms with Crippen molar-refractivity contribution in [2.45, 2.75) is 57.3 Å². The number of nitrogens with zero attached hydrogens (tertiary/aromatic N) is 2. The van der Waals surface area contributed by atoms with Crippen LogP contribution in [0.4, 0.5) is 34.1 Å². The van der Waals surface area contributed by atoms with E-state index in [0.717, 1.165) is 23.5 Å². The first kappa shape index (κ1) is 37.6. The topological polar surface area (TPSA) is 6.48 Å². The van der Waals surface area contributed by atoms with Crippen molar-refractivity contribution < 1.29 is 0 Å². The summed E-state index contributed by atoms with van der Waals surface area (Å²) in [6.07, 6.45) is 4.87. The van der Waals surface area contributed by atoms with Crippen molar-refractivity contribution in [3.8, 4) is 22.3 Å². The fourth-order valence-electron chi connectivity index (χ4n) is 10.6. The molecule has 0 aromatic heterocycles. The van der Waals surface area contributed by atoms with Gasteiger partial charge in [-0.25, -0.2) is 0 Å². The third-order valence-corrected chi connectivity index (χ3v) is 13.7. The molecule has 0 radical (unpaired) electrons. The zero-order valence-electron chi connectivity index (χ0n) is 34.9. The van der Waals surface area contributed by atoms with Crippen LogP contribution in [-0.2, 0) is 10.8 Å². The van der Waals surface area contributed by atoms with Gasteiger partial charge < -0.3 is 9.80 Å². The highest BCUT2D eigenvalue weighted by Gasteiger charge is 2.42. The van der Waals surface area contributed by atoms with Crippen molar-refractivity contribution in [3.05, 3.63) is 229 Å². The van der Waals surface area contributed by atoms with Gasteiger partial charge in [0.05, 0.1) is 0 Å². The Hall–Kier alpha value is -6.64. The van der Waals surface area contributed by atoms with E-state index in [2.05, 4.69) is 237 Å². The number of para-hydroxylation sites is 3. The second-order valence-electron chi connectivity index (χ2n) is 17.3. The maximum absolute atomic E-state index is 2.48. The van der Waals surface area contributed by atoms with Crippen LogP contribution in [0, 0.1) is 5.92 Å². The smallest absolute Gasteiger partial charge is 0.0465 e. The first-order valence-corrected chi connectivity index (χ1v) is 21.7. The number of fused-ring (bicyclic) bond motifs is 3. The van der Waals surface area contributed by atoms with Crippen LogP contribution in [0.3, 0.4) is 0 Å². The normalized spacial score (nSPS) is 17.7. The van der Waals surface area contributed by atoms with Crippen molar-refractivity contribution in [3.63, 3.8) is 0 Å². The number of benzene rings is 8. The van der Waals surface area contributed by atoms with E-state index in [1.807, 2.05) is 0 Å². The Bertz CT molecular complexity index is 2680. The lowest BCUT2D eigenvalue weighted by atomic mass is 9.60. The molecule has 0 aliphatic heterocycles. The molecule has 8 aromatic rings. The van der Waals surface area contributed by atoms with Crippen molar-refractivity contribution in [1.82, 2.24) is 0 Å². The van der Waals surface area contributed by atoms with Gasteiger partial charge in [0.2, 0.25) is 0 Å². The van der Waals surface area contributed by atoms with Crippen LogP contribution in [0.15, 0.2) is 206 Å². The summed E-state index contributed by atoms with van der Waals surface area (Å²) in [5.74, 6) is 0.508. The molecule has 0 heterocycles. The van der Waals surface area contributed by atoms with E-state index in [4.69, 9.17) is 0 Å². The van der Waals surface area contributed by atoms with Crippen LogP contribution in [-0.4, -0.2) is 0 Å². The lowest BCUT2D eigenvalue weighted by molar-refractivity contribution is 0.244. The first-order valence-electron chi connectivity index (χ1n) is 21.7. The van der Waals surface area contributed by atoms with Gasteiger partial charge in [-0.1, -0.05) is 167 Å². The van der Waals surface area contributed by atoms with Gasteiger partial charge in [0.15, 0.2) is 0 Å². The predicted octanol–water partition coefficient (Wildman–Crippen LogP) is 16.1. The minimum Gasteiger partial charge on any atom is -0.311 e. The minimum atomic E-state index is -0.143. The molecule has 2 aliphatic rings. The molecule has 1 fully saturated rings. The fourth-order valence-corrected chi connectivity index (χ4v) is 10.6. The Morgan fingerprint density at radius 1 is 0.417 bits per heavy atom. The summed E-state index contributed by atoms with van der Waals surface area (Å²) >= 11 is 0. The zero-order chi connectivity index (χ0) is 40.7. The number of hydrogen-bond acceptors (Lipinski definition) is 2. The van der Waals surface area contributed by atoms with Gasteiger partial charge in [-0.15, -0.1) is 0 Å². The van der Waals surface area contributed by atoms with Crippen molar-refractivity contribution >= 4 is 34.1 Å². The molecule has 0 N–H and O–H groups in total. The molecule has 0 bridgehead atoms. The summed E-state index contributed by atoms with van der Waals surface area (Å²) in [5.41, 5.74) is 17.6. The second-order valence-corrected chi connectivity index (χ2v) is 17.3. The van der Waals surface area contributed by atoms with Crippen LogP contribution in [0.1, 0.15) is 68.7 Å². The summed E-state index contributed by atoms with van der Waals surface area (Å²) in [4.78, 5) is 4.80. The third kappa shape index (κ3) is 6.43. The Balaban J connectivity index is 1.03. The van der Waals surface area contributed by atoms with Crippen molar-refractivity contribution in [2.24, 2.45) is 5.92 Å². The van der Waals surface area contributed by atoms with Crippen molar-refractivity contribution in [2.75, 3.05) is 9.80 Å². The second kappa shape index (κ2) is 15.5. The van der Waals surface area contributed by atoms with Gasteiger partial charge in [0.25, 0.3) is 0 Å². The molecule has 1 saturated carbocycles. The molecule has 0 amide bonds. The standard InChI is InChI=1S/C58H52N2/c1-42-19-16-17-40-58(42,44-30-34-49(35-31-44)59(46-22-10-5-11-23-46)47-24-12-6-13-25-47)45-32-36-50(37-33-45)60(48-26-14-7-15-27-48)51-38-39-53-55(41-51)57(2,3)54-29-18-28-52(56(53)54)43-20-8-4-9-21-43/h4-15,18,20-39,41-42H,16-17,19,40H2,1-3H3. The molecular weight excluding hydrogens is 725 g/mol. The molecule has 0 saturated heterocycles. The lowest BCUT2D eigenvalue weighted by Crippen LogP contribution is -2.37. The van der Waals surface area contributed by atoms with E-state index in [-0.39, 0.29) is 10.8 Å². The number of hydrogen-bond donors (Lipinski definition) is 0. The van der Waals surface area contributed by atoms with Crippen LogP contribution >= 0.6 is 0 Å².